The van der Waals surface area contributed by atoms with Crippen molar-refractivity contribution in [2.75, 3.05) is 0 Å². The zero-order chi connectivity index (χ0) is 15.4. The molecule has 3 rings (SSSR count). The maximum atomic E-state index is 13.3. The molecular weight excluding hydrogens is 281 g/mol. The largest absolute Gasteiger partial charge is 0.438 e. The molecule has 0 N–H and O–H groups in total. The Morgan fingerprint density at radius 2 is 1.77 bits per heavy atom. The molecule has 0 unspecified atom stereocenters. The quantitative estimate of drug-likeness (QED) is 0.675. The average Bonchev–Trinajstić information content (AvgIpc) is 2.56. The van der Waals surface area contributed by atoms with Crippen LogP contribution in [0.2, 0.25) is 0 Å². The van der Waals surface area contributed by atoms with Gasteiger partial charge in [-0.2, -0.15) is 0 Å². The van der Waals surface area contributed by atoms with Crippen LogP contribution in [0.25, 0.3) is 0 Å². The Morgan fingerprint density at radius 3 is 2.55 bits per heavy atom. The Kier molecular flexibility index (Phi) is 3.92. The van der Waals surface area contributed by atoms with Crippen molar-refractivity contribution in [2.24, 2.45) is 0 Å². The van der Waals surface area contributed by atoms with Gasteiger partial charge in [-0.05, 0) is 30.3 Å². The van der Waals surface area contributed by atoms with Crippen molar-refractivity contribution in [1.82, 2.24) is 4.98 Å². The summed E-state index contributed by atoms with van der Waals surface area (Å²) in [6.45, 7) is 0. The summed E-state index contributed by atoms with van der Waals surface area (Å²) < 4.78 is 19.0. The minimum atomic E-state index is -0.450. The van der Waals surface area contributed by atoms with Crippen LogP contribution in [-0.2, 0) is 0 Å². The molecule has 1 aromatic heterocycles. The standard InChI is InChI=1S/C18H12FNO2/c19-14-7-5-6-13(12-14)18(21)15-8-1-2-9-16(15)22-17-10-3-4-11-20-17/h1-12H. The number of carbonyl (C=O) groups excluding carboxylic acids is 1. The van der Waals surface area contributed by atoms with Crippen LogP contribution in [-0.4, -0.2) is 10.8 Å². The van der Waals surface area contributed by atoms with Gasteiger partial charge in [0.25, 0.3) is 0 Å². The van der Waals surface area contributed by atoms with Gasteiger partial charge >= 0.3 is 0 Å². The number of hydrogen-bond acceptors (Lipinski definition) is 3. The van der Waals surface area contributed by atoms with Crippen LogP contribution in [0.5, 0.6) is 11.6 Å². The highest BCUT2D eigenvalue weighted by molar-refractivity contribution is 6.10. The van der Waals surface area contributed by atoms with E-state index in [1.54, 1.807) is 54.7 Å². The van der Waals surface area contributed by atoms with Crippen LogP contribution in [0.4, 0.5) is 4.39 Å². The molecule has 108 valence electrons. The van der Waals surface area contributed by atoms with Gasteiger partial charge in [-0.3, -0.25) is 4.79 Å². The summed E-state index contributed by atoms with van der Waals surface area (Å²) in [4.78, 5) is 16.6. The molecule has 1 heterocycles. The first-order chi connectivity index (χ1) is 10.7. The average molecular weight is 293 g/mol. The van der Waals surface area contributed by atoms with Gasteiger partial charge in [0.1, 0.15) is 11.6 Å². The highest BCUT2D eigenvalue weighted by Gasteiger charge is 2.15. The van der Waals surface area contributed by atoms with E-state index in [2.05, 4.69) is 4.98 Å². The van der Waals surface area contributed by atoms with Gasteiger partial charge in [-0.25, -0.2) is 9.37 Å². The lowest BCUT2D eigenvalue weighted by Crippen LogP contribution is -2.04. The first-order valence-corrected chi connectivity index (χ1v) is 6.72. The SMILES string of the molecule is O=C(c1cccc(F)c1)c1ccccc1Oc1ccccn1. The van der Waals surface area contributed by atoms with Crippen molar-refractivity contribution in [3.63, 3.8) is 0 Å². The first-order valence-electron chi connectivity index (χ1n) is 6.72. The number of rotatable bonds is 4. The number of nitrogens with zero attached hydrogens (tertiary/aromatic N) is 1. The van der Waals surface area contributed by atoms with Crippen molar-refractivity contribution in [2.45, 2.75) is 0 Å². The molecule has 0 bridgehead atoms. The molecule has 0 saturated carbocycles. The number of ketones is 1. The van der Waals surface area contributed by atoms with E-state index in [0.29, 0.717) is 17.2 Å². The number of hydrogen-bond donors (Lipinski definition) is 0. The van der Waals surface area contributed by atoms with E-state index in [1.807, 2.05) is 0 Å². The molecule has 0 aliphatic carbocycles. The van der Waals surface area contributed by atoms with Gasteiger partial charge in [0, 0.05) is 17.8 Å². The van der Waals surface area contributed by atoms with Crippen LogP contribution in [0.3, 0.4) is 0 Å². The monoisotopic (exact) mass is 293 g/mol. The predicted octanol–water partition coefficient (Wildman–Crippen LogP) is 4.24. The van der Waals surface area contributed by atoms with Gasteiger partial charge in [0.15, 0.2) is 5.78 Å². The summed E-state index contributed by atoms with van der Waals surface area (Å²) in [6.07, 6.45) is 1.60. The Hall–Kier alpha value is -3.01. The number of benzene rings is 2. The van der Waals surface area contributed by atoms with Crippen LogP contribution in [0, 0.1) is 5.82 Å². The second-order valence-corrected chi connectivity index (χ2v) is 4.61. The minimum Gasteiger partial charge on any atom is -0.438 e. The van der Waals surface area contributed by atoms with E-state index < -0.39 is 5.82 Å². The third-order valence-electron chi connectivity index (χ3n) is 3.07. The smallest absolute Gasteiger partial charge is 0.219 e. The lowest BCUT2D eigenvalue weighted by molar-refractivity contribution is 0.103. The number of carbonyl (C=O) groups is 1. The maximum absolute atomic E-state index is 13.3. The fourth-order valence-corrected chi connectivity index (χ4v) is 2.05. The normalized spacial score (nSPS) is 10.2. The Morgan fingerprint density at radius 1 is 0.955 bits per heavy atom. The molecule has 2 aromatic carbocycles. The topological polar surface area (TPSA) is 39.2 Å². The summed E-state index contributed by atoms with van der Waals surface area (Å²) >= 11 is 0. The van der Waals surface area contributed by atoms with Crippen molar-refractivity contribution < 1.29 is 13.9 Å². The fraction of sp³-hybridized carbons (Fsp3) is 0. The number of aromatic nitrogens is 1. The van der Waals surface area contributed by atoms with E-state index in [4.69, 9.17) is 4.74 Å². The van der Waals surface area contributed by atoms with Crippen LogP contribution >= 0.6 is 0 Å². The third kappa shape index (κ3) is 3.01. The number of para-hydroxylation sites is 1. The third-order valence-corrected chi connectivity index (χ3v) is 3.07. The second-order valence-electron chi connectivity index (χ2n) is 4.61. The molecule has 22 heavy (non-hydrogen) atoms. The summed E-state index contributed by atoms with van der Waals surface area (Å²) in [6, 6.07) is 17.7. The molecule has 0 radical (unpaired) electrons. The van der Waals surface area contributed by atoms with Crippen molar-refractivity contribution >= 4 is 5.78 Å². The van der Waals surface area contributed by atoms with Gasteiger partial charge in [-0.15, -0.1) is 0 Å². The van der Waals surface area contributed by atoms with E-state index in [9.17, 15) is 9.18 Å². The Balaban J connectivity index is 1.96. The lowest BCUT2D eigenvalue weighted by Gasteiger charge is -2.09. The Labute approximate surface area is 127 Å². The van der Waals surface area contributed by atoms with Crippen molar-refractivity contribution in [3.05, 3.63) is 89.9 Å². The van der Waals surface area contributed by atoms with Crippen molar-refractivity contribution in [1.29, 1.82) is 0 Å². The zero-order valence-corrected chi connectivity index (χ0v) is 11.6. The van der Waals surface area contributed by atoms with Crippen LogP contribution in [0.1, 0.15) is 15.9 Å². The zero-order valence-electron chi connectivity index (χ0n) is 11.6. The second kappa shape index (κ2) is 6.18. The van der Waals surface area contributed by atoms with E-state index in [1.165, 1.54) is 18.2 Å². The van der Waals surface area contributed by atoms with Gasteiger partial charge in [0.2, 0.25) is 5.88 Å². The van der Waals surface area contributed by atoms with Crippen LogP contribution < -0.4 is 4.74 Å². The number of halogens is 1. The molecule has 3 nitrogen and oxygen atoms in total. The molecule has 4 heteroatoms. The number of ether oxygens (including phenoxy) is 1. The van der Waals surface area contributed by atoms with Gasteiger partial charge < -0.3 is 4.74 Å². The lowest BCUT2D eigenvalue weighted by atomic mass is 10.0. The molecule has 0 atom stereocenters. The summed E-state index contributed by atoms with van der Waals surface area (Å²) in [5.41, 5.74) is 0.635. The molecule has 0 amide bonds. The summed E-state index contributed by atoms with van der Waals surface area (Å²) in [5.74, 6) is 0.0254. The fourth-order valence-electron chi connectivity index (χ4n) is 2.05. The molecular formula is C18H12FNO2. The summed E-state index contributed by atoms with van der Waals surface area (Å²) in [5, 5.41) is 0. The van der Waals surface area contributed by atoms with E-state index in [0.717, 1.165) is 0 Å². The molecule has 0 aliphatic rings. The number of pyridine rings is 1. The maximum Gasteiger partial charge on any atom is 0.219 e. The molecule has 0 spiro atoms. The van der Waals surface area contributed by atoms with E-state index in [-0.39, 0.29) is 11.3 Å². The molecule has 0 fully saturated rings. The molecule has 3 aromatic rings. The van der Waals surface area contributed by atoms with Crippen molar-refractivity contribution in [3.8, 4) is 11.6 Å². The molecule has 0 saturated heterocycles. The van der Waals surface area contributed by atoms with Gasteiger partial charge in [-0.1, -0.05) is 30.3 Å². The highest BCUT2D eigenvalue weighted by atomic mass is 19.1. The summed E-state index contributed by atoms with van der Waals surface area (Å²) in [7, 11) is 0. The minimum absolute atomic E-state index is 0.275. The first kappa shape index (κ1) is 13.9. The predicted molar refractivity (Wildman–Crippen MR) is 80.6 cm³/mol. The van der Waals surface area contributed by atoms with E-state index >= 15 is 0 Å². The van der Waals surface area contributed by atoms with Crippen LogP contribution in [0.15, 0.2) is 72.9 Å². The molecule has 0 aliphatic heterocycles. The van der Waals surface area contributed by atoms with Gasteiger partial charge in [0.05, 0.1) is 5.56 Å². The highest BCUT2D eigenvalue weighted by Crippen LogP contribution is 2.26. The Bertz CT molecular complexity index is 803.